The first-order chi connectivity index (χ1) is 10.9. The van der Waals surface area contributed by atoms with Crippen molar-refractivity contribution in [2.24, 2.45) is 0 Å². The Balaban J connectivity index is 1.91. The molecule has 1 saturated carbocycles. The zero-order valence-corrected chi connectivity index (χ0v) is 12.8. The normalized spacial score (nSPS) is 44.0. The Morgan fingerprint density at radius 2 is 2.13 bits per heavy atom. The first-order valence-corrected chi connectivity index (χ1v) is 8.08. The van der Waals surface area contributed by atoms with E-state index in [9.17, 15) is 20.1 Å². The number of hydrogen-bond donors (Lipinski definition) is 3. The standard InChI is InChI=1S/C17H19NO5/c1-18-7-6-16-11-8-2-3-9(19)13(11)23-15(16)10(20)4-5-17(16,22)14(18)12(8)21/h2-3,12,14-15,19,21-22H,4-7H2,1H3/t12-,14+,15+,16+,17-/m1/s1. The molecule has 2 fully saturated rings. The first-order valence-electron chi connectivity index (χ1n) is 8.08. The van der Waals surface area contributed by atoms with E-state index in [2.05, 4.69) is 0 Å². The molecule has 6 heteroatoms. The van der Waals surface area contributed by atoms with Gasteiger partial charge in [0.2, 0.25) is 0 Å². The fourth-order valence-electron chi connectivity index (χ4n) is 5.63. The molecule has 23 heavy (non-hydrogen) atoms. The zero-order valence-electron chi connectivity index (χ0n) is 12.8. The third-order valence-electron chi connectivity index (χ3n) is 6.56. The number of carbonyl (C=O) groups excluding carboxylic acids is 1. The van der Waals surface area contributed by atoms with Gasteiger partial charge in [0.15, 0.2) is 23.4 Å². The lowest BCUT2D eigenvalue weighted by Gasteiger charge is -2.63. The third-order valence-corrected chi connectivity index (χ3v) is 6.56. The summed E-state index contributed by atoms with van der Waals surface area (Å²) in [4.78, 5) is 14.5. The van der Waals surface area contributed by atoms with E-state index in [1.165, 1.54) is 6.07 Å². The first kappa shape index (κ1) is 13.8. The summed E-state index contributed by atoms with van der Waals surface area (Å²) >= 11 is 0. The summed E-state index contributed by atoms with van der Waals surface area (Å²) in [5.74, 6) is 0.200. The highest BCUT2D eigenvalue weighted by molar-refractivity contribution is 5.90. The number of aliphatic hydroxyl groups excluding tert-OH is 1. The maximum atomic E-state index is 12.5. The number of hydrogen-bond acceptors (Lipinski definition) is 6. The van der Waals surface area contributed by atoms with Crippen molar-refractivity contribution in [3.63, 3.8) is 0 Å². The average molecular weight is 317 g/mol. The van der Waals surface area contributed by atoms with Gasteiger partial charge in [0.25, 0.3) is 0 Å². The van der Waals surface area contributed by atoms with Crippen LogP contribution in [-0.2, 0) is 10.2 Å². The van der Waals surface area contributed by atoms with Crippen LogP contribution in [0.1, 0.15) is 36.5 Å². The summed E-state index contributed by atoms with van der Waals surface area (Å²) in [5.41, 5.74) is -0.780. The van der Waals surface area contributed by atoms with Crippen molar-refractivity contribution in [3.05, 3.63) is 23.3 Å². The number of rotatable bonds is 0. The van der Waals surface area contributed by atoms with Gasteiger partial charge in [-0.2, -0.15) is 0 Å². The van der Waals surface area contributed by atoms with Crippen LogP contribution in [0.25, 0.3) is 0 Å². The molecule has 0 aromatic heterocycles. The van der Waals surface area contributed by atoms with Crippen molar-refractivity contribution >= 4 is 5.78 Å². The molecule has 5 rings (SSSR count). The number of Topliss-reactive ketones (excluding diaryl/α,β-unsaturated/α-hetero) is 1. The number of likely N-dealkylation sites (N-methyl/N-ethyl adjacent to an activating group) is 1. The van der Waals surface area contributed by atoms with E-state index in [-0.39, 0.29) is 23.7 Å². The van der Waals surface area contributed by atoms with E-state index < -0.39 is 29.3 Å². The Kier molecular flexibility index (Phi) is 2.33. The SMILES string of the molecule is CN1CC[C@]23c4c5ccc(O)c4O[C@H]2C(=O)CC[C@@]3(O)[C@@H]1[C@@H]5O. The molecule has 4 aliphatic rings. The number of ether oxygens (including phenoxy) is 1. The van der Waals surface area contributed by atoms with Crippen LogP contribution in [-0.4, -0.2) is 57.3 Å². The minimum Gasteiger partial charge on any atom is -0.504 e. The second kappa shape index (κ2) is 3.88. The quantitative estimate of drug-likeness (QED) is 0.635. The van der Waals surface area contributed by atoms with Crippen molar-refractivity contribution in [1.82, 2.24) is 4.90 Å². The lowest BCUT2D eigenvalue weighted by Crippen LogP contribution is -2.76. The Bertz CT molecular complexity index is 749. The maximum Gasteiger partial charge on any atom is 0.174 e. The van der Waals surface area contributed by atoms with E-state index in [4.69, 9.17) is 4.74 Å². The lowest BCUT2D eigenvalue weighted by atomic mass is 9.48. The highest BCUT2D eigenvalue weighted by atomic mass is 16.5. The highest BCUT2D eigenvalue weighted by Gasteiger charge is 2.74. The van der Waals surface area contributed by atoms with Crippen LogP contribution in [0.15, 0.2) is 12.1 Å². The second-order valence-corrected chi connectivity index (χ2v) is 7.36. The molecule has 1 aromatic carbocycles. The van der Waals surface area contributed by atoms with E-state index in [0.717, 1.165) is 0 Å². The maximum absolute atomic E-state index is 12.5. The van der Waals surface area contributed by atoms with Gasteiger partial charge in [-0.3, -0.25) is 9.69 Å². The minimum absolute atomic E-state index is 0.0316. The summed E-state index contributed by atoms with van der Waals surface area (Å²) in [5, 5.41) is 32.8. The van der Waals surface area contributed by atoms with Crippen LogP contribution in [0.3, 0.4) is 0 Å². The van der Waals surface area contributed by atoms with Crippen molar-refractivity contribution in [2.45, 2.75) is 48.5 Å². The molecule has 1 spiro atoms. The number of phenolic OH excluding ortho intramolecular Hbond substituents is 1. The second-order valence-electron chi connectivity index (χ2n) is 7.36. The van der Waals surface area contributed by atoms with Gasteiger partial charge < -0.3 is 20.1 Å². The Morgan fingerprint density at radius 1 is 1.35 bits per heavy atom. The third kappa shape index (κ3) is 1.24. The summed E-state index contributed by atoms with van der Waals surface area (Å²) in [6.45, 7) is 0.658. The van der Waals surface area contributed by atoms with E-state index >= 15 is 0 Å². The molecule has 122 valence electrons. The van der Waals surface area contributed by atoms with Crippen LogP contribution in [0.2, 0.25) is 0 Å². The number of piperidine rings is 1. The Labute approximate surface area is 133 Å². The van der Waals surface area contributed by atoms with Crippen LogP contribution in [0.5, 0.6) is 11.5 Å². The molecule has 3 N–H and O–H groups in total. The lowest BCUT2D eigenvalue weighted by molar-refractivity contribution is -0.206. The summed E-state index contributed by atoms with van der Waals surface area (Å²) < 4.78 is 5.88. The Hall–Kier alpha value is -1.63. The smallest absolute Gasteiger partial charge is 0.174 e. The number of phenols is 1. The predicted molar refractivity (Wildman–Crippen MR) is 79.4 cm³/mol. The van der Waals surface area contributed by atoms with E-state index in [1.807, 2.05) is 11.9 Å². The van der Waals surface area contributed by atoms with Gasteiger partial charge in [0.1, 0.15) is 0 Å². The molecule has 2 aliphatic heterocycles. The van der Waals surface area contributed by atoms with Crippen molar-refractivity contribution in [3.8, 4) is 11.5 Å². The molecule has 2 heterocycles. The molecular formula is C17H19NO5. The van der Waals surface area contributed by atoms with Gasteiger partial charge in [-0.05, 0) is 38.1 Å². The van der Waals surface area contributed by atoms with E-state index in [0.29, 0.717) is 30.5 Å². The largest absolute Gasteiger partial charge is 0.504 e. The summed E-state index contributed by atoms with van der Waals surface area (Å²) in [6.07, 6.45) is -0.533. The molecule has 0 unspecified atom stereocenters. The molecule has 0 amide bonds. The molecule has 6 nitrogen and oxygen atoms in total. The minimum atomic E-state index is -1.23. The van der Waals surface area contributed by atoms with E-state index in [1.54, 1.807) is 6.07 Å². The van der Waals surface area contributed by atoms with Crippen molar-refractivity contribution < 1.29 is 24.9 Å². The fraction of sp³-hybridized carbons (Fsp3) is 0.588. The van der Waals surface area contributed by atoms with Gasteiger partial charge in [0, 0.05) is 12.0 Å². The fourth-order valence-corrected chi connectivity index (χ4v) is 5.63. The van der Waals surface area contributed by atoms with Crippen LogP contribution < -0.4 is 4.74 Å². The van der Waals surface area contributed by atoms with Gasteiger partial charge in [0.05, 0.1) is 23.2 Å². The summed E-state index contributed by atoms with van der Waals surface area (Å²) in [6, 6.07) is 2.71. The highest BCUT2D eigenvalue weighted by Crippen LogP contribution is 2.66. The van der Waals surface area contributed by atoms with Gasteiger partial charge in [-0.1, -0.05) is 6.07 Å². The van der Waals surface area contributed by atoms with Crippen LogP contribution >= 0.6 is 0 Å². The molecule has 5 atom stereocenters. The number of benzene rings is 1. The zero-order chi connectivity index (χ0) is 16.1. The van der Waals surface area contributed by atoms with Crippen LogP contribution in [0.4, 0.5) is 0 Å². The number of aliphatic hydroxyl groups is 2. The van der Waals surface area contributed by atoms with Crippen LogP contribution in [0, 0.1) is 0 Å². The number of carbonyl (C=O) groups is 1. The topological polar surface area (TPSA) is 90.2 Å². The monoisotopic (exact) mass is 317 g/mol. The van der Waals surface area contributed by atoms with Gasteiger partial charge >= 0.3 is 0 Å². The number of nitrogens with zero attached hydrogens (tertiary/aromatic N) is 1. The van der Waals surface area contributed by atoms with Gasteiger partial charge in [-0.25, -0.2) is 0 Å². The molecule has 1 aromatic rings. The van der Waals surface area contributed by atoms with Crippen molar-refractivity contribution in [2.75, 3.05) is 13.6 Å². The number of ketones is 1. The molecule has 0 radical (unpaired) electrons. The molecule has 2 bridgehead atoms. The van der Waals surface area contributed by atoms with Crippen molar-refractivity contribution in [1.29, 1.82) is 0 Å². The molecular weight excluding hydrogens is 298 g/mol. The van der Waals surface area contributed by atoms with Gasteiger partial charge in [-0.15, -0.1) is 0 Å². The Morgan fingerprint density at radius 3 is 2.91 bits per heavy atom. The average Bonchev–Trinajstić information content (AvgIpc) is 2.86. The molecule has 1 saturated heterocycles. The number of aromatic hydroxyl groups is 1. The predicted octanol–water partition coefficient (Wildman–Crippen LogP) is 0.236. The number of likely N-dealkylation sites (tertiary alicyclic amines) is 1. The molecule has 2 aliphatic carbocycles. The summed E-state index contributed by atoms with van der Waals surface area (Å²) in [7, 11) is 1.90.